The van der Waals surface area contributed by atoms with Crippen molar-refractivity contribution < 1.29 is 38.0 Å². The first-order chi connectivity index (χ1) is 39.0. The predicted octanol–water partition coefficient (Wildman–Crippen LogP) is 5.22. The average Bonchev–Trinajstić information content (AvgIpc) is 4.23. The second-order valence-electron chi connectivity index (χ2n) is 21.3. The summed E-state index contributed by atoms with van der Waals surface area (Å²) >= 11 is 0. The number of nitrogen functional groups attached to an aromatic ring is 2. The molecule has 4 fully saturated rings. The molecule has 1 amide bonds. The van der Waals surface area contributed by atoms with E-state index in [0.717, 1.165) is 50.0 Å². The molecule has 6 aromatic rings. The van der Waals surface area contributed by atoms with Crippen molar-refractivity contribution in [3.63, 3.8) is 0 Å². The molecule has 81 heavy (non-hydrogen) atoms. The smallest absolute Gasteiger partial charge is 0.235 e. The largest absolute Gasteiger partial charge is 0.382 e. The van der Waals surface area contributed by atoms with Gasteiger partial charge < -0.3 is 65.6 Å². The molecule has 2 aromatic carbocycles. The van der Waals surface area contributed by atoms with Gasteiger partial charge in [0.25, 0.3) is 0 Å². The number of nitrogens with two attached hydrogens (primary N) is 3. The number of likely N-dealkylation sites (N-methyl/N-ethyl adjacent to an activating group) is 2. The summed E-state index contributed by atoms with van der Waals surface area (Å²) < 4.78 is 41.4. The maximum atomic E-state index is 12.2. The Morgan fingerprint density at radius 2 is 1.11 bits per heavy atom. The van der Waals surface area contributed by atoms with Crippen molar-refractivity contribution in [1.29, 1.82) is 0 Å². The Hall–Kier alpha value is -6.41. The molecule has 8 atom stereocenters. The summed E-state index contributed by atoms with van der Waals surface area (Å²) in [5.41, 5.74) is 22.0. The number of fused-ring (bicyclic) bond motifs is 4. The predicted molar refractivity (Wildman–Crippen MR) is 307 cm³/mol. The van der Waals surface area contributed by atoms with Crippen molar-refractivity contribution in [1.82, 2.24) is 59.1 Å². The standard InChI is InChI=1S/C26H35N7O4.C17H27N7O3.C8H7NO.C6H15N/c1-26(2)36-21-18(14-32(3)12-8-7-11-19(34)28-13-17-9-5-4-6-10-17)35-25(22(21)37-26)33-16-31-20-23(27)29-15-30-24(20)33;1-17(2)26-12-10(7-23(3)6-4-5-18)25-16(13(12)27-17)24-9-22-11-14(19)20-8-21-15(11)24;10-7-9-6-8-4-2-1-3-5-8;1-4-7(5-2)6-3/h4-6,9-10,15-16,18,21-22,25H,7-8,11-14H2,1-3H3,(H,28,34)(H2,27,29,30);8-10,12-13,16H,4-7,18H2,1-3H3,(H2,19,20,21);1-5H,6H2;4-6H2,1-3H3/t18-,21-,22-,25-;10-,12-,13-,16-;;/m11../s1. The number of hydrogen-bond donors (Lipinski definition) is 4. The minimum absolute atomic E-state index is 0.0760. The lowest BCUT2D eigenvalue weighted by Gasteiger charge is -2.27. The number of hydrogen-bond acceptors (Lipinski definition) is 21. The number of rotatable bonds is 21. The van der Waals surface area contributed by atoms with Crippen LogP contribution in [-0.4, -0.2) is 180 Å². The molecular formula is C57H84N16O8. The molecule has 4 aliphatic rings. The Bertz CT molecular complexity index is 2920. The van der Waals surface area contributed by atoms with E-state index in [9.17, 15) is 9.59 Å². The van der Waals surface area contributed by atoms with Gasteiger partial charge in [-0.1, -0.05) is 81.4 Å². The lowest BCUT2D eigenvalue weighted by Crippen LogP contribution is -2.39. The number of anilines is 2. The Morgan fingerprint density at radius 3 is 1.56 bits per heavy atom. The number of aliphatic imine (C=N–C) groups is 1. The summed E-state index contributed by atoms with van der Waals surface area (Å²) in [7, 11) is 4.12. The second kappa shape index (κ2) is 29.5. The van der Waals surface area contributed by atoms with Crippen LogP contribution in [0.3, 0.4) is 0 Å². The van der Waals surface area contributed by atoms with Crippen LogP contribution in [0.4, 0.5) is 11.6 Å². The number of aromatic nitrogens is 8. The van der Waals surface area contributed by atoms with Crippen molar-refractivity contribution >= 4 is 46.0 Å². The summed E-state index contributed by atoms with van der Waals surface area (Å²) in [4.78, 5) is 57.6. The van der Waals surface area contributed by atoms with Crippen LogP contribution < -0.4 is 22.5 Å². The number of ether oxygens (including phenoxy) is 6. The molecule has 0 radical (unpaired) electrons. The van der Waals surface area contributed by atoms with E-state index in [4.69, 9.17) is 45.6 Å². The van der Waals surface area contributed by atoms with Crippen LogP contribution in [0.25, 0.3) is 22.3 Å². The zero-order valence-electron chi connectivity index (χ0n) is 48.5. The summed E-state index contributed by atoms with van der Waals surface area (Å²) in [6.07, 6.45) is 8.69. The third kappa shape index (κ3) is 16.9. The third-order valence-corrected chi connectivity index (χ3v) is 14.3. The molecule has 0 bridgehead atoms. The molecule has 24 heteroatoms. The topological polar surface area (TPSA) is 289 Å². The number of nitrogens with one attached hydrogen (secondary N) is 1. The van der Waals surface area contributed by atoms with Crippen LogP contribution in [-0.2, 0) is 51.1 Å². The number of amides is 1. The van der Waals surface area contributed by atoms with E-state index in [1.165, 1.54) is 38.4 Å². The van der Waals surface area contributed by atoms with Gasteiger partial charge in [0, 0.05) is 26.1 Å². The fourth-order valence-corrected chi connectivity index (χ4v) is 10.3. The number of nitrogens with zero attached hydrogens (tertiary/aromatic N) is 12. The number of isocyanates is 1. The van der Waals surface area contributed by atoms with Crippen LogP contribution >= 0.6 is 0 Å². The lowest BCUT2D eigenvalue weighted by atomic mass is 10.1. The fourth-order valence-electron chi connectivity index (χ4n) is 10.3. The zero-order valence-corrected chi connectivity index (χ0v) is 48.5. The SMILES string of the molecule is CCN(CC)CC.CN(CCCCC(=O)NCc1ccccc1)C[C@H]1O[C@@H](n2cnc3c(N)ncnc32)[C@@H]2OC(C)(C)O[C@@H]21.CN(CCCN)C[C@H]1O[C@@H](n2cnc3c(N)ncnc32)[C@@H]2OC(C)(C)O[C@@H]21.O=C=NCc1ccccc1. The highest BCUT2D eigenvalue weighted by atomic mass is 16.8. The van der Waals surface area contributed by atoms with E-state index in [2.05, 4.69) is 89.8 Å². The maximum absolute atomic E-state index is 12.2. The Kier molecular flexibility index (Phi) is 22.7. The normalized spacial score (nSPS) is 23.0. The summed E-state index contributed by atoms with van der Waals surface area (Å²) in [6, 6.07) is 19.5. The molecule has 4 saturated heterocycles. The number of carbonyl (C=O) groups is 1. The molecule has 4 aromatic heterocycles. The molecule has 8 heterocycles. The number of benzene rings is 2. The monoisotopic (exact) mass is 1120 g/mol. The van der Waals surface area contributed by atoms with Gasteiger partial charge in [-0.25, -0.2) is 39.7 Å². The van der Waals surface area contributed by atoms with E-state index < -0.39 is 24.0 Å². The van der Waals surface area contributed by atoms with Crippen LogP contribution in [0.5, 0.6) is 0 Å². The van der Waals surface area contributed by atoms with Gasteiger partial charge in [0.2, 0.25) is 12.0 Å². The lowest BCUT2D eigenvalue weighted by molar-refractivity contribution is -0.197. The van der Waals surface area contributed by atoms with E-state index in [1.54, 1.807) is 12.7 Å². The van der Waals surface area contributed by atoms with Gasteiger partial charge in [-0.2, -0.15) is 0 Å². The van der Waals surface area contributed by atoms with Gasteiger partial charge in [-0.05, 0) is 111 Å². The Labute approximate surface area is 475 Å². The zero-order chi connectivity index (χ0) is 58.1. The molecule has 10 rings (SSSR count). The minimum atomic E-state index is -0.717. The average molecular weight is 1120 g/mol. The number of imidazole rings is 2. The van der Waals surface area contributed by atoms with Crippen molar-refractivity contribution in [3.8, 4) is 0 Å². The van der Waals surface area contributed by atoms with Crippen LogP contribution in [0.2, 0.25) is 0 Å². The van der Waals surface area contributed by atoms with E-state index in [0.29, 0.717) is 66.6 Å². The van der Waals surface area contributed by atoms with Crippen molar-refractivity contribution in [2.45, 2.75) is 148 Å². The highest BCUT2D eigenvalue weighted by Gasteiger charge is 2.57. The number of carbonyl (C=O) groups excluding carboxylic acids is 2. The Morgan fingerprint density at radius 1 is 0.654 bits per heavy atom. The van der Waals surface area contributed by atoms with Gasteiger partial charge in [-0.15, -0.1) is 0 Å². The van der Waals surface area contributed by atoms with E-state index >= 15 is 0 Å². The first-order valence-electron chi connectivity index (χ1n) is 28.0. The van der Waals surface area contributed by atoms with Crippen LogP contribution in [0.15, 0.2) is 91.0 Å². The van der Waals surface area contributed by atoms with Gasteiger partial charge in [0.15, 0.2) is 47.0 Å². The molecule has 7 N–H and O–H groups in total. The maximum Gasteiger partial charge on any atom is 0.235 e. The number of unbranched alkanes of at least 4 members (excludes halogenated alkanes) is 1. The van der Waals surface area contributed by atoms with Gasteiger partial charge >= 0.3 is 0 Å². The summed E-state index contributed by atoms with van der Waals surface area (Å²) in [5.74, 6) is -0.642. The molecule has 0 saturated carbocycles. The fraction of sp³-hybridized carbons (Fsp3) is 0.579. The minimum Gasteiger partial charge on any atom is -0.382 e. The third-order valence-electron chi connectivity index (χ3n) is 14.3. The highest BCUT2D eigenvalue weighted by molar-refractivity contribution is 5.82. The quantitative estimate of drug-likeness (QED) is 0.0408. The second-order valence-corrected chi connectivity index (χ2v) is 21.3. The highest BCUT2D eigenvalue weighted by Crippen LogP contribution is 2.45. The van der Waals surface area contributed by atoms with Gasteiger partial charge in [0.1, 0.15) is 60.3 Å². The van der Waals surface area contributed by atoms with Crippen molar-refractivity contribution in [2.75, 3.05) is 77.9 Å². The molecule has 4 aliphatic heterocycles. The van der Waals surface area contributed by atoms with Crippen LogP contribution in [0.1, 0.15) is 97.7 Å². The summed E-state index contributed by atoms with van der Waals surface area (Å²) in [6.45, 7) is 22.6. The molecule has 0 spiro atoms. The van der Waals surface area contributed by atoms with Gasteiger partial charge in [0.05, 0.1) is 19.2 Å². The Balaban J connectivity index is 0.000000186. The van der Waals surface area contributed by atoms with Gasteiger partial charge in [-0.3, -0.25) is 13.9 Å². The van der Waals surface area contributed by atoms with Crippen molar-refractivity contribution in [3.05, 3.63) is 97.1 Å². The molecular weight excluding hydrogens is 1040 g/mol. The molecule has 440 valence electrons. The van der Waals surface area contributed by atoms with E-state index in [1.807, 2.05) is 97.5 Å². The van der Waals surface area contributed by atoms with E-state index in [-0.39, 0.29) is 42.5 Å². The molecule has 0 aliphatic carbocycles. The van der Waals surface area contributed by atoms with Crippen LogP contribution in [0, 0.1) is 0 Å². The first-order valence-corrected chi connectivity index (χ1v) is 28.0. The summed E-state index contributed by atoms with van der Waals surface area (Å²) in [5, 5.41) is 2.99. The van der Waals surface area contributed by atoms with Crippen molar-refractivity contribution in [2.24, 2.45) is 10.7 Å². The first kappa shape index (κ1) is 62.2. The molecule has 24 nitrogen and oxygen atoms in total. The molecule has 0 unspecified atom stereocenters.